The maximum Gasteiger partial charge on any atom is 0.136 e. The van der Waals surface area contributed by atoms with E-state index >= 15 is 0 Å². The van der Waals surface area contributed by atoms with Gasteiger partial charge in [0.2, 0.25) is 0 Å². The molecule has 0 atom stereocenters. The van der Waals surface area contributed by atoms with Crippen molar-refractivity contribution in [3.8, 4) is 22.1 Å². The maximum absolute atomic E-state index is 13.7. The number of nitrogens with zero attached hydrogens (tertiary/aromatic N) is 1. The highest BCUT2D eigenvalue weighted by Crippen LogP contribution is 2.36. The summed E-state index contributed by atoms with van der Waals surface area (Å²) in [5.41, 5.74) is 1.84. The van der Waals surface area contributed by atoms with E-state index in [1.165, 1.54) is 17.8 Å². The Kier molecular flexibility index (Phi) is 5.37. The number of benzene rings is 2. The molecule has 0 radical (unpaired) electrons. The van der Waals surface area contributed by atoms with Crippen molar-refractivity contribution in [2.24, 2.45) is 0 Å². The van der Waals surface area contributed by atoms with Gasteiger partial charge in [0.05, 0.1) is 25.5 Å². The predicted molar refractivity (Wildman–Crippen MR) is 96.6 cm³/mol. The third-order valence-electron chi connectivity index (χ3n) is 3.40. The van der Waals surface area contributed by atoms with Crippen LogP contribution in [-0.4, -0.2) is 19.2 Å². The summed E-state index contributed by atoms with van der Waals surface area (Å²) >= 11 is 2.99. The van der Waals surface area contributed by atoms with Crippen LogP contribution >= 0.6 is 23.1 Å². The Morgan fingerprint density at radius 3 is 2.71 bits per heavy atom. The van der Waals surface area contributed by atoms with Gasteiger partial charge >= 0.3 is 0 Å². The fourth-order valence-corrected chi connectivity index (χ4v) is 3.97. The average molecular weight is 361 g/mol. The molecule has 0 amide bonds. The van der Waals surface area contributed by atoms with Crippen molar-refractivity contribution in [1.82, 2.24) is 4.98 Å². The number of hydrogen-bond donors (Lipinski definition) is 0. The number of thiazole rings is 1. The Morgan fingerprint density at radius 2 is 1.96 bits per heavy atom. The molecule has 0 aliphatic carbocycles. The molecule has 0 saturated carbocycles. The summed E-state index contributed by atoms with van der Waals surface area (Å²) in [6.45, 7) is 0. The highest BCUT2D eigenvalue weighted by atomic mass is 32.2. The third-order valence-corrected chi connectivity index (χ3v) is 5.41. The summed E-state index contributed by atoms with van der Waals surface area (Å²) in [6.07, 6.45) is 0. The summed E-state index contributed by atoms with van der Waals surface area (Å²) in [5, 5.41) is 2.87. The molecule has 3 aromatic rings. The Labute approximate surface area is 148 Å². The van der Waals surface area contributed by atoms with Crippen molar-refractivity contribution >= 4 is 23.1 Å². The first-order chi connectivity index (χ1) is 11.7. The second-order valence-corrected chi connectivity index (χ2v) is 6.80. The van der Waals surface area contributed by atoms with Crippen LogP contribution in [0.5, 0.6) is 11.5 Å². The number of thioether (sulfide) groups is 1. The molecule has 0 unspecified atom stereocenters. The quantitative estimate of drug-likeness (QED) is 0.561. The normalized spacial score (nSPS) is 10.6. The van der Waals surface area contributed by atoms with Crippen molar-refractivity contribution in [3.05, 3.63) is 59.4 Å². The first-order valence-corrected chi connectivity index (χ1v) is 9.12. The molecule has 6 heteroatoms. The molecule has 0 saturated heterocycles. The van der Waals surface area contributed by atoms with E-state index in [2.05, 4.69) is 4.98 Å². The second kappa shape index (κ2) is 7.68. The van der Waals surface area contributed by atoms with Crippen molar-refractivity contribution in [3.63, 3.8) is 0 Å². The van der Waals surface area contributed by atoms with E-state index in [0.29, 0.717) is 10.6 Å². The van der Waals surface area contributed by atoms with Crippen molar-refractivity contribution in [2.45, 2.75) is 10.6 Å². The Morgan fingerprint density at radius 1 is 1.12 bits per heavy atom. The molecule has 0 bridgehead atoms. The second-order valence-electron chi connectivity index (χ2n) is 4.93. The minimum absolute atomic E-state index is 0.199. The molecular weight excluding hydrogens is 345 g/mol. The summed E-state index contributed by atoms with van der Waals surface area (Å²) in [4.78, 5) is 5.28. The van der Waals surface area contributed by atoms with Gasteiger partial charge in [-0.3, -0.25) is 0 Å². The molecule has 2 aromatic carbocycles. The summed E-state index contributed by atoms with van der Waals surface area (Å²) in [7, 11) is 3.25. The number of halogens is 1. The average Bonchev–Trinajstić information content (AvgIpc) is 3.09. The van der Waals surface area contributed by atoms with Crippen LogP contribution in [-0.2, 0) is 5.75 Å². The van der Waals surface area contributed by atoms with Crippen LogP contribution in [0.25, 0.3) is 10.6 Å². The SMILES string of the molecule is COc1ccc(-c2nc(CSc3ccccc3F)cs2)c(OC)c1. The zero-order chi connectivity index (χ0) is 16.9. The van der Waals surface area contributed by atoms with E-state index in [1.807, 2.05) is 29.6 Å². The zero-order valence-corrected chi connectivity index (χ0v) is 14.9. The van der Waals surface area contributed by atoms with Crippen molar-refractivity contribution in [2.75, 3.05) is 14.2 Å². The van der Waals surface area contributed by atoms with E-state index in [4.69, 9.17) is 9.47 Å². The smallest absolute Gasteiger partial charge is 0.136 e. The van der Waals surface area contributed by atoms with Crippen LogP contribution in [0, 0.1) is 5.82 Å². The molecule has 3 rings (SSSR count). The standard InChI is InChI=1S/C18H16FNO2S2/c1-21-13-7-8-14(16(9-13)22-2)18-20-12(11-24-18)10-23-17-6-4-3-5-15(17)19/h3-9,11H,10H2,1-2H3. The lowest BCUT2D eigenvalue weighted by atomic mass is 10.2. The lowest BCUT2D eigenvalue weighted by Gasteiger charge is -2.08. The molecule has 1 heterocycles. The van der Waals surface area contributed by atoms with Crippen LogP contribution in [0.3, 0.4) is 0 Å². The topological polar surface area (TPSA) is 31.4 Å². The van der Waals surface area contributed by atoms with Gasteiger partial charge in [0, 0.05) is 22.1 Å². The van der Waals surface area contributed by atoms with Gasteiger partial charge in [0.1, 0.15) is 22.3 Å². The van der Waals surface area contributed by atoms with Crippen molar-refractivity contribution in [1.29, 1.82) is 0 Å². The summed E-state index contributed by atoms with van der Waals surface area (Å²) < 4.78 is 24.3. The molecule has 0 aliphatic rings. The number of methoxy groups -OCH3 is 2. The fourth-order valence-electron chi connectivity index (χ4n) is 2.19. The van der Waals surface area contributed by atoms with Gasteiger partial charge < -0.3 is 9.47 Å². The molecule has 3 nitrogen and oxygen atoms in total. The summed E-state index contributed by atoms with van der Waals surface area (Å²) in [6, 6.07) is 12.4. The van der Waals surface area contributed by atoms with Gasteiger partial charge in [-0.2, -0.15) is 0 Å². The number of ether oxygens (including phenoxy) is 2. The predicted octanol–water partition coefficient (Wildman–Crippen LogP) is 5.26. The number of rotatable bonds is 6. The van der Waals surface area contributed by atoms with Gasteiger partial charge in [0.15, 0.2) is 0 Å². The molecule has 0 aliphatic heterocycles. The van der Waals surface area contributed by atoms with E-state index in [-0.39, 0.29) is 5.82 Å². The highest BCUT2D eigenvalue weighted by Gasteiger charge is 2.12. The monoisotopic (exact) mass is 361 g/mol. The largest absolute Gasteiger partial charge is 0.497 e. The molecule has 0 spiro atoms. The third kappa shape index (κ3) is 3.71. The Balaban J connectivity index is 1.77. The molecule has 0 N–H and O–H groups in total. The van der Waals surface area contributed by atoms with Gasteiger partial charge in [-0.25, -0.2) is 9.37 Å². The van der Waals surface area contributed by atoms with Gasteiger partial charge in [-0.15, -0.1) is 23.1 Å². The fraction of sp³-hybridized carbons (Fsp3) is 0.167. The number of aromatic nitrogens is 1. The van der Waals surface area contributed by atoms with E-state index in [0.717, 1.165) is 27.8 Å². The molecule has 1 aromatic heterocycles. The van der Waals surface area contributed by atoms with E-state index in [9.17, 15) is 4.39 Å². The maximum atomic E-state index is 13.7. The van der Waals surface area contributed by atoms with Gasteiger partial charge in [-0.1, -0.05) is 12.1 Å². The Hall–Kier alpha value is -2.05. The Bertz CT molecular complexity index is 835. The molecule has 124 valence electrons. The first-order valence-electron chi connectivity index (χ1n) is 7.25. The van der Waals surface area contributed by atoms with Crippen LogP contribution in [0.4, 0.5) is 4.39 Å². The van der Waals surface area contributed by atoms with Crippen LogP contribution < -0.4 is 9.47 Å². The van der Waals surface area contributed by atoms with E-state index < -0.39 is 0 Å². The molecule has 24 heavy (non-hydrogen) atoms. The molecular formula is C18H16FNO2S2. The summed E-state index contributed by atoms with van der Waals surface area (Å²) in [5.74, 6) is 1.88. The minimum atomic E-state index is -0.199. The van der Waals surface area contributed by atoms with Crippen LogP contribution in [0.1, 0.15) is 5.69 Å². The number of hydrogen-bond acceptors (Lipinski definition) is 5. The van der Waals surface area contributed by atoms with Crippen LogP contribution in [0.2, 0.25) is 0 Å². The van der Waals surface area contributed by atoms with Crippen LogP contribution in [0.15, 0.2) is 52.7 Å². The zero-order valence-electron chi connectivity index (χ0n) is 13.3. The van der Waals surface area contributed by atoms with E-state index in [1.54, 1.807) is 37.7 Å². The minimum Gasteiger partial charge on any atom is -0.497 e. The highest BCUT2D eigenvalue weighted by molar-refractivity contribution is 7.98. The first kappa shape index (κ1) is 16.8. The van der Waals surface area contributed by atoms with Gasteiger partial charge in [-0.05, 0) is 24.3 Å². The lowest BCUT2D eigenvalue weighted by molar-refractivity contribution is 0.395. The lowest BCUT2D eigenvalue weighted by Crippen LogP contribution is -1.90. The molecule has 0 fully saturated rings. The van der Waals surface area contributed by atoms with Gasteiger partial charge in [0.25, 0.3) is 0 Å². The van der Waals surface area contributed by atoms with Crippen molar-refractivity contribution < 1.29 is 13.9 Å².